The zero-order chi connectivity index (χ0) is 13.2. The van der Waals surface area contributed by atoms with E-state index in [1.807, 2.05) is 6.92 Å². The number of ether oxygens (including phenoxy) is 1. The van der Waals surface area contributed by atoms with Crippen LogP contribution in [0.15, 0.2) is 12.3 Å². The Bertz CT molecular complexity index is 473. The van der Waals surface area contributed by atoms with Crippen molar-refractivity contribution in [3.05, 3.63) is 12.3 Å². The summed E-state index contributed by atoms with van der Waals surface area (Å²) in [6.07, 6.45) is 6.18. The molecule has 6 heteroatoms. The van der Waals surface area contributed by atoms with Gasteiger partial charge in [-0.15, -0.1) is 0 Å². The minimum absolute atomic E-state index is 0.0155. The molecule has 1 N–H and O–H groups in total. The van der Waals surface area contributed by atoms with Crippen LogP contribution in [0.25, 0.3) is 0 Å². The molecule has 3 rings (SSSR count). The number of aromatic nitrogens is 2. The van der Waals surface area contributed by atoms with Gasteiger partial charge in [0.05, 0.1) is 6.04 Å². The van der Waals surface area contributed by atoms with Gasteiger partial charge in [-0.05, 0) is 25.8 Å². The number of hydrogen-bond acceptors (Lipinski definition) is 5. The molecule has 1 aliphatic heterocycles. The zero-order valence-electron chi connectivity index (χ0n) is 11.0. The van der Waals surface area contributed by atoms with Crippen LogP contribution in [0.2, 0.25) is 0 Å². The molecule has 1 aromatic rings. The molecule has 1 aromatic heterocycles. The van der Waals surface area contributed by atoms with E-state index in [0.29, 0.717) is 24.4 Å². The van der Waals surface area contributed by atoms with E-state index in [9.17, 15) is 4.79 Å². The first-order valence-electron chi connectivity index (χ1n) is 6.79. The highest BCUT2D eigenvalue weighted by Crippen LogP contribution is 2.24. The summed E-state index contributed by atoms with van der Waals surface area (Å²) in [6.45, 7) is 2.35. The van der Waals surface area contributed by atoms with Crippen molar-refractivity contribution in [2.75, 3.05) is 16.8 Å². The van der Waals surface area contributed by atoms with Gasteiger partial charge in [0.25, 0.3) is 0 Å². The lowest BCUT2D eigenvalue weighted by atomic mass is 10.2. The lowest BCUT2D eigenvalue weighted by Crippen LogP contribution is -2.32. The first-order valence-corrected chi connectivity index (χ1v) is 6.79. The van der Waals surface area contributed by atoms with Gasteiger partial charge in [0, 0.05) is 12.2 Å². The normalized spacial score (nSPS) is 23.7. The second kappa shape index (κ2) is 5.03. The van der Waals surface area contributed by atoms with Crippen molar-refractivity contribution in [3.8, 4) is 0 Å². The molecule has 2 fully saturated rings. The maximum absolute atomic E-state index is 11.7. The van der Waals surface area contributed by atoms with Gasteiger partial charge < -0.3 is 10.1 Å². The van der Waals surface area contributed by atoms with Crippen molar-refractivity contribution in [1.82, 2.24) is 9.97 Å². The van der Waals surface area contributed by atoms with E-state index in [1.54, 1.807) is 17.2 Å². The average Bonchev–Trinajstić information content (AvgIpc) is 3.00. The van der Waals surface area contributed by atoms with Gasteiger partial charge in [0.1, 0.15) is 12.4 Å². The lowest BCUT2D eigenvalue weighted by molar-refractivity contribution is 0.179. The Morgan fingerprint density at radius 2 is 2.21 bits per heavy atom. The summed E-state index contributed by atoms with van der Waals surface area (Å²) < 4.78 is 5.01. The highest BCUT2D eigenvalue weighted by Gasteiger charge is 2.32. The van der Waals surface area contributed by atoms with E-state index < -0.39 is 0 Å². The molecule has 1 saturated carbocycles. The summed E-state index contributed by atoms with van der Waals surface area (Å²) in [5, 5.41) is 3.33. The SMILES string of the molecule is C[C@H]1COC(=O)N1c1ccnc(NC2CCCC2)n1. The predicted molar refractivity (Wildman–Crippen MR) is 71.2 cm³/mol. The van der Waals surface area contributed by atoms with Gasteiger partial charge in [-0.25, -0.2) is 9.78 Å². The van der Waals surface area contributed by atoms with Crippen LogP contribution >= 0.6 is 0 Å². The quantitative estimate of drug-likeness (QED) is 0.904. The van der Waals surface area contributed by atoms with E-state index in [1.165, 1.54) is 12.8 Å². The van der Waals surface area contributed by atoms with Gasteiger partial charge in [0.2, 0.25) is 5.95 Å². The molecule has 1 atom stereocenters. The summed E-state index contributed by atoms with van der Waals surface area (Å²) >= 11 is 0. The number of amides is 1. The Morgan fingerprint density at radius 1 is 1.42 bits per heavy atom. The van der Waals surface area contributed by atoms with Crippen LogP contribution in [0, 0.1) is 0 Å². The van der Waals surface area contributed by atoms with Crippen molar-refractivity contribution in [2.45, 2.75) is 44.7 Å². The van der Waals surface area contributed by atoms with Gasteiger partial charge in [-0.2, -0.15) is 4.98 Å². The molecule has 0 unspecified atom stereocenters. The maximum atomic E-state index is 11.7. The number of rotatable bonds is 3. The molecule has 0 bridgehead atoms. The van der Waals surface area contributed by atoms with Gasteiger partial charge in [-0.3, -0.25) is 4.90 Å². The van der Waals surface area contributed by atoms with Crippen molar-refractivity contribution < 1.29 is 9.53 Å². The van der Waals surface area contributed by atoms with Crippen LogP contribution in [0.5, 0.6) is 0 Å². The molecule has 1 saturated heterocycles. The summed E-state index contributed by atoms with van der Waals surface area (Å²) in [5.41, 5.74) is 0. The molecule has 0 spiro atoms. The summed E-state index contributed by atoms with van der Waals surface area (Å²) in [5.74, 6) is 1.20. The molecule has 2 heterocycles. The molecule has 6 nitrogen and oxygen atoms in total. The van der Waals surface area contributed by atoms with Crippen LogP contribution in [-0.2, 0) is 4.74 Å². The van der Waals surface area contributed by atoms with E-state index in [4.69, 9.17) is 4.74 Å². The summed E-state index contributed by atoms with van der Waals surface area (Å²) in [6, 6.07) is 2.21. The van der Waals surface area contributed by atoms with Crippen LogP contribution < -0.4 is 10.2 Å². The third-order valence-electron chi connectivity index (χ3n) is 3.66. The number of carbonyl (C=O) groups is 1. The van der Waals surface area contributed by atoms with E-state index in [2.05, 4.69) is 15.3 Å². The summed E-state index contributed by atoms with van der Waals surface area (Å²) in [4.78, 5) is 21.9. The molecule has 2 aliphatic rings. The Hall–Kier alpha value is -1.85. The number of nitrogens with one attached hydrogen (secondary N) is 1. The van der Waals surface area contributed by atoms with Crippen LogP contribution in [0.1, 0.15) is 32.6 Å². The second-order valence-corrected chi connectivity index (χ2v) is 5.16. The van der Waals surface area contributed by atoms with Crippen LogP contribution in [0.4, 0.5) is 16.6 Å². The lowest BCUT2D eigenvalue weighted by Gasteiger charge is -2.18. The second-order valence-electron chi connectivity index (χ2n) is 5.16. The standard InChI is InChI=1S/C13H18N4O2/c1-9-8-19-13(18)17(9)11-6-7-14-12(16-11)15-10-4-2-3-5-10/h6-7,9-10H,2-5,8H2,1H3,(H,14,15,16)/t9-/m0/s1. The van der Waals surface area contributed by atoms with E-state index in [-0.39, 0.29) is 12.1 Å². The third kappa shape index (κ3) is 2.47. The smallest absolute Gasteiger partial charge is 0.415 e. The van der Waals surface area contributed by atoms with Crippen molar-refractivity contribution in [2.24, 2.45) is 0 Å². The van der Waals surface area contributed by atoms with E-state index >= 15 is 0 Å². The van der Waals surface area contributed by atoms with Gasteiger partial charge >= 0.3 is 6.09 Å². The summed E-state index contributed by atoms with van der Waals surface area (Å²) in [7, 11) is 0. The first kappa shape index (κ1) is 12.2. The fraction of sp³-hybridized carbons (Fsp3) is 0.615. The maximum Gasteiger partial charge on any atom is 0.415 e. The molecule has 102 valence electrons. The largest absolute Gasteiger partial charge is 0.447 e. The highest BCUT2D eigenvalue weighted by molar-refractivity contribution is 5.89. The number of carbonyl (C=O) groups excluding carboxylic acids is 1. The Balaban J connectivity index is 1.77. The van der Waals surface area contributed by atoms with Crippen molar-refractivity contribution >= 4 is 17.9 Å². The Labute approximate surface area is 112 Å². The molecular formula is C13H18N4O2. The molecule has 0 aromatic carbocycles. The fourth-order valence-corrected chi connectivity index (χ4v) is 2.64. The Morgan fingerprint density at radius 3 is 2.89 bits per heavy atom. The zero-order valence-corrected chi connectivity index (χ0v) is 11.0. The number of hydrogen-bond donors (Lipinski definition) is 1. The molecule has 1 amide bonds. The number of cyclic esters (lactones) is 1. The monoisotopic (exact) mass is 262 g/mol. The van der Waals surface area contributed by atoms with Gasteiger partial charge in [0.15, 0.2) is 0 Å². The molecule has 19 heavy (non-hydrogen) atoms. The van der Waals surface area contributed by atoms with Crippen LogP contribution in [0.3, 0.4) is 0 Å². The number of nitrogens with zero attached hydrogens (tertiary/aromatic N) is 3. The van der Waals surface area contributed by atoms with Crippen molar-refractivity contribution in [3.63, 3.8) is 0 Å². The van der Waals surface area contributed by atoms with Crippen molar-refractivity contribution in [1.29, 1.82) is 0 Å². The molecule has 1 aliphatic carbocycles. The molecular weight excluding hydrogens is 244 g/mol. The highest BCUT2D eigenvalue weighted by atomic mass is 16.6. The average molecular weight is 262 g/mol. The van der Waals surface area contributed by atoms with E-state index in [0.717, 1.165) is 12.8 Å². The minimum atomic E-state index is -0.335. The topological polar surface area (TPSA) is 67.3 Å². The number of anilines is 2. The Kier molecular flexibility index (Phi) is 3.23. The van der Waals surface area contributed by atoms with Gasteiger partial charge in [-0.1, -0.05) is 12.8 Å². The van der Waals surface area contributed by atoms with Crippen LogP contribution in [-0.4, -0.2) is 34.8 Å². The third-order valence-corrected chi connectivity index (χ3v) is 3.66. The minimum Gasteiger partial charge on any atom is -0.447 e. The first-order chi connectivity index (χ1) is 9.24. The molecule has 0 radical (unpaired) electrons. The fourth-order valence-electron chi connectivity index (χ4n) is 2.64. The predicted octanol–water partition coefficient (Wildman–Crippen LogP) is 2.18.